The molecule has 0 bridgehead atoms. The molecule has 0 aliphatic carbocycles. The van der Waals surface area contributed by atoms with Crippen molar-refractivity contribution < 1.29 is 5.11 Å². The third-order valence-corrected chi connectivity index (χ3v) is 2.95. The van der Waals surface area contributed by atoms with Crippen LogP contribution >= 0.6 is 11.6 Å². The fourth-order valence-electron chi connectivity index (χ4n) is 1.66. The molecule has 3 heteroatoms. The number of nitrogens with zero attached hydrogens (tertiary/aromatic N) is 1. The van der Waals surface area contributed by atoms with Crippen molar-refractivity contribution in [1.82, 2.24) is 4.98 Å². The molecule has 82 valence electrons. The highest BCUT2D eigenvalue weighted by atomic mass is 35.5. The van der Waals surface area contributed by atoms with E-state index in [4.69, 9.17) is 11.6 Å². The number of aliphatic hydroxyl groups is 1. The molecule has 0 fully saturated rings. The second kappa shape index (κ2) is 4.24. The lowest BCUT2D eigenvalue weighted by atomic mass is 9.89. The highest BCUT2D eigenvalue weighted by Gasteiger charge is 2.27. The monoisotopic (exact) mass is 233 g/mol. The molecule has 1 aromatic heterocycles. The van der Waals surface area contributed by atoms with Gasteiger partial charge in [-0.2, -0.15) is 0 Å². The summed E-state index contributed by atoms with van der Waals surface area (Å²) in [7, 11) is 0. The van der Waals surface area contributed by atoms with Gasteiger partial charge >= 0.3 is 0 Å². The van der Waals surface area contributed by atoms with E-state index in [9.17, 15) is 5.11 Å². The zero-order valence-electron chi connectivity index (χ0n) is 8.89. The second-order valence-corrected chi connectivity index (χ2v) is 4.20. The maximum atomic E-state index is 10.5. The summed E-state index contributed by atoms with van der Waals surface area (Å²) in [5.41, 5.74) is 0.292. The zero-order chi connectivity index (χ0) is 11.6. The van der Waals surface area contributed by atoms with Gasteiger partial charge in [-0.3, -0.25) is 4.98 Å². The van der Waals surface area contributed by atoms with Gasteiger partial charge in [-0.05, 0) is 19.1 Å². The number of hydrogen-bond acceptors (Lipinski definition) is 2. The topological polar surface area (TPSA) is 33.1 Å². The van der Waals surface area contributed by atoms with E-state index in [1.165, 1.54) is 0 Å². The molecule has 0 saturated heterocycles. The van der Waals surface area contributed by atoms with Crippen LogP contribution in [0.1, 0.15) is 18.1 Å². The minimum absolute atomic E-state index is 0.552. The van der Waals surface area contributed by atoms with Crippen LogP contribution in [0.5, 0.6) is 0 Å². The highest BCUT2D eigenvalue weighted by molar-refractivity contribution is 6.31. The van der Waals surface area contributed by atoms with E-state index >= 15 is 0 Å². The summed E-state index contributed by atoms with van der Waals surface area (Å²) in [5, 5.41) is 11.1. The molecule has 16 heavy (non-hydrogen) atoms. The van der Waals surface area contributed by atoms with Crippen LogP contribution in [-0.2, 0) is 5.60 Å². The molecule has 2 rings (SSSR count). The van der Waals surface area contributed by atoms with Crippen molar-refractivity contribution in [2.24, 2.45) is 0 Å². The van der Waals surface area contributed by atoms with E-state index in [-0.39, 0.29) is 0 Å². The van der Waals surface area contributed by atoms with Gasteiger partial charge in [0.25, 0.3) is 0 Å². The van der Waals surface area contributed by atoms with Crippen molar-refractivity contribution in [2.75, 3.05) is 0 Å². The quantitative estimate of drug-likeness (QED) is 0.865. The molecular weight excluding hydrogens is 222 g/mol. The van der Waals surface area contributed by atoms with E-state index in [1.807, 2.05) is 24.3 Å². The fraction of sp³-hybridized carbons (Fsp3) is 0.154. The van der Waals surface area contributed by atoms with E-state index in [0.717, 1.165) is 5.56 Å². The third-order valence-electron chi connectivity index (χ3n) is 2.62. The average molecular weight is 234 g/mol. The summed E-state index contributed by atoms with van der Waals surface area (Å²) in [6.45, 7) is 1.71. The summed E-state index contributed by atoms with van der Waals surface area (Å²) in [6.07, 6.45) is 3.31. The Labute approximate surface area is 99.5 Å². The molecule has 2 aromatic rings. The number of rotatable bonds is 2. The minimum atomic E-state index is -1.12. The molecule has 2 nitrogen and oxygen atoms in total. The molecule has 0 saturated carbocycles. The van der Waals surface area contributed by atoms with Gasteiger partial charge in [0.05, 0.1) is 0 Å². The van der Waals surface area contributed by atoms with Crippen LogP contribution in [0.3, 0.4) is 0 Å². The van der Waals surface area contributed by atoms with Gasteiger partial charge < -0.3 is 5.11 Å². The first kappa shape index (κ1) is 11.1. The van der Waals surface area contributed by atoms with Gasteiger partial charge in [0.1, 0.15) is 5.60 Å². The third kappa shape index (κ3) is 1.94. The molecule has 0 aliphatic heterocycles. The van der Waals surface area contributed by atoms with Crippen molar-refractivity contribution in [3.8, 4) is 0 Å². The number of aromatic nitrogens is 1. The van der Waals surface area contributed by atoms with Crippen molar-refractivity contribution in [2.45, 2.75) is 12.5 Å². The van der Waals surface area contributed by atoms with Gasteiger partial charge in [-0.15, -0.1) is 0 Å². The maximum Gasteiger partial charge on any atom is 0.115 e. The lowest BCUT2D eigenvalue weighted by Crippen LogP contribution is -2.23. The fourth-order valence-corrected chi connectivity index (χ4v) is 1.98. The van der Waals surface area contributed by atoms with Crippen LogP contribution in [0.25, 0.3) is 0 Å². The number of pyridine rings is 1. The molecule has 1 atom stereocenters. The van der Waals surface area contributed by atoms with Crippen molar-refractivity contribution >= 4 is 11.6 Å². The van der Waals surface area contributed by atoms with Gasteiger partial charge in [0, 0.05) is 28.5 Å². The number of hydrogen-bond donors (Lipinski definition) is 1. The predicted octanol–water partition coefficient (Wildman–Crippen LogP) is 2.99. The van der Waals surface area contributed by atoms with Crippen molar-refractivity contribution in [3.05, 3.63) is 64.9 Å². The Kier molecular flexibility index (Phi) is 2.95. The van der Waals surface area contributed by atoms with Gasteiger partial charge in [0.2, 0.25) is 0 Å². The maximum absolute atomic E-state index is 10.5. The minimum Gasteiger partial charge on any atom is -0.381 e. The van der Waals surface area contributed by atoms with Crippen LogP contribution in [-0.4, -0.2) is 10.1 Å². The lowest BCUT2D eigenvalue weighted by Gasteiger charge is -2.24. The van der Waals surface area contributed by atoms with Crippen LogP contribution in [0.2, 0.25) is 5.02 Å². The molecule has 0 amide bonds. The number of benzene rings is 1. The first-order valence-electron chi connectivity index (χ1n) is 5.00. The van der Waals surface area contributed by atoms with Gasteiger partial charge in [0.15, 0.2) is 0 Å². The van der Waals surface area contributed by atoms with Gasteiger partial charge in [-0.1, -0.05) is 35.9 Å². The second-order valence-electron chi connectivity index (χ2n) is 3.79. The summed E-state index contributed by atoms with van der Waals surface area (Å²) >= 11 is 6.08. The Morgan fingerprint density at radius 1 is 1.19 bits per heavy atom. The van der Waals surface area contributed by atoms with E-state index < -0.39 is 5.60 Å². The molecule has 1 unspecified atom stereocenters. The van der Waals surface area contributed by atoms with Crippen molar-refractivity contribution in [1.29, 1.82) is 0 Å². The molecule has 1 heterocycles. The first-order chi connectivity index (χ1) is 7.62. The smallest absolute Gasteiger partial charge is 0.115 e. The molecule has 1 aromatic carbocycles. The van der Waals surface area contributed by atoms with Gasteiger partial charge in [-0.25, -0.2) is 0 Å². The standard InChI is InChI=1S/C13H12ClNO/c1-13(16,10-5-4-8-15-9-10)11-6-2-3-7-12(11)14/h2-9,16H,1H3. The molecule has 0 radical (unpaired) electrons. The zero-order valence-corrected chi connectivity index (χ0v) is 9.65. The van der Waals surface area contributed by atoms with Crippen LogP contribution in [0.15, 0.2) is 48.8 Å². The normalized spacial score (nSPS) is 14.4. The summed E-state index contributed by atoms with van der Waals surface area (Å²) in [5.74, 6) is 0. The van der Waals surface area contributed by atoms with E-state index in [1.54, 1.807) is 31.5 Å². The Morgan fingerprint density at radius 2 is 1.94 bits per heavy atom. The molecular formula is C13H12ClNO. The SMILES string of the molecule is CC(O)(c1cccnc1)c1ccccc1Cl. The van der Waals surface area contributed by atoms with Crippen molar-refractivity contribution in [3.63, 3.8) is 0 Å². The Hall–Kier alpha value is -1.38. The van der Waals surface area contributed by atoms with E-state index in [2.05, 4.69) is 4.98 Å². The first-order valence-corrected chi connectivity index (χ1v) is 5.38. The van der Waals surface area contributed by atoms with Crippen LogP contribution < -0.4 is 0 Å². The molecule has 0 aliphatic rings. The Morgan fingerprint density at radius 3 is 2.56 bits per heavy atom. The molecule has 1 N–H and O–H groups in total. The molecule has 0 spiro atoms. The highest BCUT2D eigenvalue weighted by Crippen LogP contribution is 2.32. The Balaban J connectivity index is 2.51. The average Bonchev–Trinajstić information content (AvgIpc) is 2.30. The summed E-state index contributed by atoms with van der Waals surface area (Å²) < 4.78 is 0. The summed E-state index contributed by atoms with van der Waals surface area (Å²) in [6, 6.07) is 10.9. The summed E-state index contributed by atoms with van der Waals surface area (Å²) in [4.78, 5) is 4.00. The van der Waals surface area contributed by atoms with Crippen LogP contribution in [0, 0.1) is 0 Å². The Bertz CT molecular complexity index is 482. The lowest BCUT2D eigenvalue weighted by molar-refractivity contribution is 0.102. The van der Waals surface area contributed by atoms with E-state index in [0.29, 0.717) is 10.6 Å². The number of halogens is 1. The largest absolute Gasteiger partial charge is 0.381 e. The predicted molar refractivity (Wildman–Crippen MR) is 64.4 cm³/mol. The van der Waals surface area contributed by atoms with Crippen LogP contribution in [0.4, 0.5) is 0 Å².